The van der Waals surface area contributed by atoms with Crippen LogP contribution in [-0.4, -0.2) is 29.6 Å². The maximum absolute atomic E-state index is 3.73. The van der Waals surface area contributed by atoms with Gasteiger partial charge in [-0.05, 0) is 51.8 Å². The number of nitrogens with one attached hydrogen (secondary N) is 1. The molecule has 0 bridgehead atoms. The Bertz CT molecular complexity index is 401. The van der Waals surface area contributed by atoms with Crippen molar-refractivity contribution in [3.05, 3.63) is 21.9 Å². The average Bonchev–Trinajstić information content (AvgIpc) is 2.80. The van der Waals surface area contributed by atoms with Gasteiger partial charge in [-0.25, -0.2) is 0 Å². The van der Waals surface area contributed by atoms with E-state index in [0.29, 0.717) is 6.04 Å². The summed E-state index contributed by atoms with van der Waals surface area (Å²) in [5, 5.41) is 3.73. The van der Waals surface area contributed by atoms with Crippen LogP contribution in [0.3, 0.4) is 0 Å². The molecule has 2 rings (SSSR count). The highest BCUT2D eigenvalue weighted by molar-refractivity contribution is 7.11. The Kier molecular flexibility index (Phi) is 5.04. The zero-order valence-electron chi connectivity index (χ0n) is 12.8. The smallest absolute Gasteiger partial charge is 0.0331 e. The number of rotatable bonds is 4. The van der Waals surface area contributed by atoms with Crippen molar-refractivity contribution in [2.24, 2.45) is 0 Å². The summed E-state index contributed by atoms with van der Waals surface area (Å²) in [4.78, 5) is 5.69. The first-order chi connectivity index (χ1) is 9.06. The van der Waals surface area contributed by atoms with E-state index in [0.717, 1.165) is 26.1 Å². The largest absolute Gasteiger partial charge is 0.310 e. The van der Waals surface area contributed by atoms with E-state index in [-0.39, 0.29) is 5.54 Å². The first-order valence-electron chi connectivity index (χ1n) is 7.63. The van der Waals surface area contributed by atoms with Crippen LogP contribution >= 0.6 is 11.3 Å². The van der Waals surface area contributed by atoms with Crippen LogP contribution in [0.25, 0.3) is 0 Å². The Balaban J connectivity index is 2.07. The average molecular weight is 280 g/mol. The van der Waals surface area contributed by atoms with Crippen LogP contribution in [0.4, 0.5) is 0 Å². The van der Waals surface area contributed by atoms with Gasteiger partial charge in [0.05, 0.1) is 0 Å². The van der Waals surface area contributed by atoms with Crippen molar-refractivity contribution >= 4 is 11.3 Å². The number of thiophene rings is 1. The van der Waals surface area contributed by atoms with Gasteiger partial charge in [-0.1, -0.05) is 13.8 Å². The lowest BCUT2D eigenvalue weighted by molar-refractivity contribution is 0.165. The third-order valence-corrected chi connectivity index (χ3v) is 5.71. The van der Waals surface area contributed by atoms with Gasteiger partial charge in [-0.2, -0.15) is 0 Å². The van der Waals surface area contributed by atoms with Crippen molar-refractivity contribution in [2.45, 2.75) is 65.1 Å². The number of aryl methyl sites for hydroxylation is 1. The fourth-order valence-electron chi connectivity index (χ4n) is 2.77. The van der Waals surface area contributed by atoms with E-state index in [1.165, 1.54) is 22.6 Å². The van der Waals surface area contributed by atoms with Gasteiger partial charge in [0, 0.05) is 34.4 Å². The van der Waals surface area contributed by atoms with Crippen molar-refractivity contribution in [3.8, 4) is 0 Å². The minimum atomic E-state index is 0.273. The molecule has 19 heavy (non-hydrogen) atoms. The second kappa shape index (κ2) is 6.38. The van der Waals surface area contributed by atoms with Crippen molar-refractivity contribution in [1.82, 2.24) is 10.2 Å². The van der Waals surface area contributed by atoms with Gasteiger partial charge in [0.25, 0.3) is 0 Å². The molecule has 108 valence electrons. The second-order valence-corrected chi connectivity index (χ2v) is 7.36. The monoisotopic (exact) mass is 280 g/mol. The predicted octanol–water partition coefficient (Wildman–Crippen LogP) is 3.66. The summed E-state index contributed by atoms with van der Waals surface area (Å²) in [5.74, 6) is 0. The van der Waals surface area contributed by atoms with E-state index < -0.39 is 0 Å². The molecule has 1 aliphatic rings. The standard InChI is InChI=1S/C16H28N2S/c1-5-14-7-8-15(19-14)11-18-12-16(4,6-2)17-10-9-13(18)3/h7-8,13,17H,5-6,9-12H2,1-4H3. The van der Waals surface area contributed by atoms with Gasteiger partial charge in [0.2, 0.25) is 0 Å². The Morgan fingerprint density at radius 1 is 1.37 bits per heavy atom. The van der Waals surface area contributed by atoms with Gasteiger partial charge in [0.15, 0.2) is 0 Å². The molecule has 2 atom stereocenters. The summed E-state index contributed by atoms with van der Waals surface area (Å²) in [6.45, 7) is 12.7. The van der Waals surface area contributed by atoms with Crippen LogP contribution in [0.15, 0.2) is 12.1 Å². The number of hydrogen-bond acceptors (Lipinski definition) is 3. The number of hydrogen-bond donors (Lipinski definition) is 1. The molecule has 2 unspecified atom stereocenters. The molecular formula is C16H28N2S. The molecule has 0 amide bonds. The highest BCUT2D eigenvalue weighted by Crippen LogP contribution is 2.24. The maximum Gasteiger partial charge on any atom is 0.0331 e. The molecule has 2 heterocycles. The van der Waals surface area contributed by atoms with Crippen molar-refractivity contribution in [2.75, 3.05) is 13.1 Å². The quantitative estimate of drug-likeness (QED) is 0.905. The fourth-order valence-corrected chi connectivity index (χ4v) is 3.76. The van der Waals surface area contributed by atoms with E-state index in [1.807, 2.05) is 11.3 Å². The van der Waals surface area contributed by atoms with Gasteiger partial charge in [-0.15, -0.1) is 11.3 Å². The van der Waals surface area contributed by atoms with E-state index >= 15 is 0 Å². The SMILES string of the molecule is CCc1ccc(CN2CC(C)(CC)NCCC2C)s1. The van der Waals surface area contributed by atoms with Crippen LogP contribution in [0.5, 0.6) is 0 Å². The minimum absolute atomic E-state index is 0.273. The molecule has 1 fully saturated rings. The zero-order valence-corrected chi connectivity index (χ0v) is 13.6. The molecule has 1 saturated heterocycles. The number of nitrogens with zero attached hydrogens (tertiary/aromatic N) is 1. The Morgan fingerprint density at radius 2 is 2.11 bits per heavy atom. The third kappa shape index (κ3) is 3.80. The first kappa shape index (κ1) is 15.0. The lowest BCUT2D eigenvalue weighted by Gasteiger charge is -2.34. The molecule has 1 N–H and O–H groups in total. The van der Waals surface area contributed by atoms with E-state index in [9.17, 15) is 0 Å². The maximum atomic E-state index is 3.73. The topological polar surface area (TPSA) is 15.3 Å². The van der Waals surface area contributed by atoms with Gasteiger partial charge in [0.1, 0.15) is 0 Å². The molecular weight excluding hydrogens is 252 g/mol. The molecule has 1 aromatic rings. The lowest BCUT2D eigenvalue weighted by atomic mass is 9.98. The molecule has 0 radical (unpaired) electrons. The fraction of sp³-hybridized carbons (Fsp3) is 0.750. The Labute approximate surface area is 122 Å². The second-order valence-electron chi connectivity index (χ2n) is 6.11. The van der Waals surface area contributed by atoms with E-state index in [4.69, 9.17) is 0 Å². The summed E-state index contributed by atoms with van der Waals surface area (Å²) in [6, 6.07) is 5.28. The molecule has 1 aliphatic heterocycles. The predicted molar refractivity (Wildman–Crippen MR) is 84.9 cm³/mol. The van der Waals surface area contributed by atoms with Crippen molar-refractivity contribution in [3.63, 3.8) is 0 Å². The Morgan fingerprint density at radius 3 is 2.74 bits per heavy atom. The zero-order chi connectivity index (χ0) is 13.9. The normalized spacial score (nSPS) is 29.4. The van der Waals surface area contributed by atoms with Crippen LogP contribution < -0.4 is 5.32 Å². The van der Waals surface area contributed by atoms with E-state index in [1.54, 1.807) is 0 Å². The third-order valence-electron chi connectivity index (χ3n) is 4.49. The summed E-state index contributed by atoms with van der Waals surface area (Å²) in [5.41, 5.74) is 0.273. The molecule has 3 heteroatoms. The van der Waals surface area contributed by atoms with Crippen LogP contribution in [0.1, 0.15) is 50.3 Å². The Hall–Kier alpha value is -0.380. The molecule has 0 spiro atoms. The highest BCUT2D eigenvalue weighted by atomic mass is 32.1. The van der Waals surface area contributed by atoms with Crippen LogP contribution in [0.2, 0.25) is 0 Å². The van der Waals surface area contributed by atoms with E-state index in [2.05, 4.69) is 50.0 Å². The molecule has 0 saturated carbocycles. The lowest BCUT2D eigenvalue weighted by Crippen LogP contribution is -2.49. The molecule has 0 aromatic carbocycles. The van der Waals surface area contributed by atoms with Crippen LogP contribution in [-0.2, 0) is 13.0 Å². The summed E-state index contributed by atoms with van der Waals surface area (Å²) in [6.07, 6.45) is 3.61. The van der Waals surface area contributed by atoms with Gasteiger partial charge >= 0.3 is 0 Å². The van der Waals surface area contributed by atoms with Crippen molar-refractivity contribution < 1.29 is 0 Å². The van der Waals surface area contributed by atoms with Gasteiger partial charge in [-0.3, -0.25) is 4.90 Å². The van der Waals surface area contributed by atoms with Crippen LogP contribution in [0, 0.1) is 0 Å². The highest BCUT2D eigenvalue weighted by Gasteiger charge is 2.30. The first-order valence-corrected chi connectivity index (χ1v) is 8.44. The molecule has 1 aromatic heterocycles. The summed E-state index contributed by atoms with van der Waals surface area (Å²) in [7, 11) is 0. The molecule has 2 nitrogen and oxygen atoms in total. The molecule has 0 aliphatic carbocycles. The summed E-state index contributed by atoms with van der Waals surface area (Å²) >= 11 is 1.98. The van der Waals surface area contributed by atoms with Crippen molar-refractivity contribution in [1.29, 1.82) is 0 Å². The minimum Gasteiger partial charge on any atom is -0.310 e. The van der Waals surface area contributed by atoms with Gasteiger partial charge < -0.3 is 5.32 Å². The summed E-state index contributed by atoms with van der Waals surface area (Å²) < 4.78 is 0.